The molecule has 0 bridgehead atoms. The number of rotatable bonds is 2. The molecular formula is C18H13N7O. The van der Waals surface area contributed by atoms with Crippen molar-refractivity contribution in [3.05, 3.63) is 64.8 Å². The molecule has 3 aromatic heterocycles. The number of pyridine rings is 1. The van der Waals surface area contributed by atoms with E-state index in [0.717, 1.165) is 5.56 Å². The maximum atomic E-state index is 11.8. The minimum atomic E-state index is -0.125. The van der Waals surface area contributed by atoms with Crippen LogP contribution >= 0.6 is 0 Å². The minimum absolute atomic E-state index is 0.125. The minimum Gasteiger partial charge on any atom is -0.382 e. The van der Waals surface area contributed by atoms with Crippen molar-refractivity contribution in [1.82, 2.24) is 24.1 Å². The first-order chi connectivity index (χ1) is 12.6. The van der Waals surface area contributed by atoms with E-state index < -0.39 is 0 Å². The third-order valence-electron chi connectivity index (χ3n) is 4.05. The number of hydrogen-bond acceptors (Lipinski definition) is 6. The second-order valence-corrected chi connectivity index (χ2v) is 5.73. The van der Waals surface area contributed by atoms with E-state index in [1.807, 2.05) is 6.07 Å². The number of anilines is 1. The third-order valence-corrected chi connectivity index (χ3v) is 4.05. The highest BCUT2D eigenvalue weighted by atomic mass is 16.1. The van der Waals surface area contributed by atoms with Gasteiger partial charge in [0.15, 0.2) is 17.0 Å². The Hall–Kier alpha value is -3.99. The Bertz CT molecular complexity index is 1250. The van der Waals surface area contributed by atoms with Gasteiger partial charge in [-0.05, 0) is 18.2 Å². The first-order valence-electron chi connectivity index (χ1n) is 7.75. The number of imidazole rings is 1. The van der Waals surface area contributed by atoms with Gasteiger partial charge in [0.25, 0.3) is 0 Å². The average molecular weight is 343 g/mol. The van der Waals surface area contributed by atoms with Crippen molar-refractivity contribution in [2.45, 2.75) is 0 Å². The van der Waals surface area contributed by atoms with Crippen molar-refractivity contribution in [2.24, 2.45) is 7.05 Å². The number of benzene rings is 1. The maximum Gasteiger partial charge on any atom is 0.250 e. The van der Waals surface area contributed by atoms with E-state index in [0.29, 0.717) is 28.2 Å². The zero-order valence-corrected chi connectivity index (χ0v) is 13.8. The molecule has 0 amide bonds. The maximum absolute atomic E-state index is 11.8. The van der Waals surface area contributed by atoms with E-state index in [1.54, 1.807) is 42.1 Å². The Morgan fingerprint density at radius 2 is 2.04 bits per heavy atom. The number of fused-ring (bicyclic) bond motifs is 1. The number of nitrogen functional groups attached to an aromatic ring is 1. The van der Waals surface area contributed by atoms with Gasteiger partial charge in [-0.2, -0.15) is 5.26 Å². The summed E-state index contributed by atoms with van der Waals surface area (Å²) in [4.78, 5) is 24.7. The van der Waals surface area contributed by atoms with Gasteiger partial charge in [-0.25, -0.2) is 15.0 Å². The molecule has 8 heteroatoms. The van der Waals surface area contributed by atoms with Crippen molar-refractivity contribution in [2.75, 3.05) is 5.73 Å². The van der Waals surface area contributed by atoms with Gasteiger partial charge in [-0.3, -0.25) is 9.36 Å². The van der Waals surface area contributed by atoms with Crippen LogP contribution in [0.5, 0.6) is 0 Å². The van der Waals surface area contributed by atoms with Crippen LogP contribution in [0.25, 0.3) is 28.2 Å². The normalized spacial score (nSPS) is 10.8. The van der Waals surface area contributed by atoms with Crippen LogP contribution in [0.4, 0.5) is 5.82 Å². The van der Waals surface area contributed by atoms with E-state index in [-0.39, 0.29) is 11.4 Å². The third kappa shape index (κ3) is 2.39. The van der Waals surface area contributed by atoms with Crippen LogP contribution in [-0.4, -0.2) is 24.1 Å². The fourth-order valence-electron chi connectivity index (χ4n) is 2.79. The van der Waals surface area contributed by atoms with E-state index in [4.69, 9.17) is 5.73 Å². The first-order valence-corrected chi connectivity index (χ1v) is 7.75. The Morgan fingerprint density at radius 3 is 2.81 bits per heavy atom. The molecule has 0 saturated heterocycles. The van der Waals surface area contributed by atoms with Gasteiger partial charge < -0.3 is 10.3 Å². The smallest absolute Gasteiger partial charge is 0.250 e. The number of aromatic nitrogens is 5. The molecule has 0 spiro atoms. The summed E-state index contributed by atoms with van der Waals surface area (Å²) >= 11 is 0. The molecule has 0 aliphatic carbocycles. The van der Waals surface area contributed by atoms with Gasteiger partial charge in [0.2, 0.25) is 5.56 Å². The molecule has 4 rings (SSSR count). The molecule has 0 aliphatic heterocycles. The van der Waals surface area contributed by atoms with Crippen LogP contribution in [0.3, 0.4) is 0 Å². The molecule has 26 heavy (non-hydrogen) atoms. The summed E-state index contributed by atoms with van der Waals surface area (Å²) < 4.78 is 3.27. The van der Waals surface area contributed by atoms with Crippen molar-refractivity contribution in [3.8, 4) is 23.1 Å². The van der Waals surface area contributed by atoms with E-state index >= 15 is 0 Å². The molecule has 2 N–H and O–H groups in total. The van der Waals surface area contributed by atoms with Gasteiger partial charge in [0.05, 0.1) is 17.3 Å². The van der Waals surface area contributed by atoms with Crippen LogP contribution in [0.2, 0.25) is 0 Å². The molecule has 0 unspecified atom stereocenters. The lowest BCUT2D eigenvalue weighted by Crippen LogP contribution is -2.15. The number of nitrogens with zero attached hydrogens (tertiary/aromatic N) is 6. The molecule has 1 aromatic carbocycles. The van der Waals surface area contributed by atoms with Crippen molar-refractivity contribution >= 4 is 17.0 Å². The highest BCUT2D eigenvalue weighted by Crippen LogP contribution is 2.29. The van der Waals surface area contributed by atoms with Gasteiger partial charge in [-0.15, -0.1) is 0 Å². The standard InChI is InChI=1S/C18H13N7O/c1-24-9-13(5-6-14(24)26)25-17(12-4-2-3-11(7-12)8-19)23-15-16(20)21-10-22-18(15)25/h2-7,9-10H,1H3,(H2,20,21,22). The summed E-state index contributed by atoms with van der Waals surface area (Å²) in [5.74, 6) is 0.819. The van der Waals surface area contributed by atoms with Gasteiger partial charge in [0.1, 0.15) is 12.2 Å². The zero-order chi connectivity index (χ0) is 18.3. The number of nitrogens with two attached hydrogens (primary N) is 1. The molecular weight excluding hydrogens is 330 g/mol. The summed E-state index contributed by atoms with van der Waals surface area (Å²) in [5.41, 5.74) is 8.77. The Labute approximate surface area is 147 Å². The molecule has 0 fully saturated rings. The largest absolute Gasteiger partial charge is 0.382 e. The lowest BCUT2D eigenvalue weighted by Gasteiger charge is -2.10. The van der Waals surface area contributed by atoms with Crippen molar-refractivity contribution in [1.29, 1.82) is 5.26 Å². The summed E-state index contributed by atoms with van der Waals surface area (Å²) in [6, 6.07) is 12.4. The van der Waals surface area contributed by atoms with Crippen LogP contribution in [0, 0.1) is 11.3 Å². The van der Waals surface area contributed by atoms with Crippen LogP contribution in [-0.2, 0) is 7.05 Å². The monoisotopic (exact) mass is 343 g/mol. The fraction of sp³-hybridized carbons (Fsp3) is 0.0556. The van der Waals surface area contributed by atoms with Gasteiger partial charge >= 0.3 is 0 Å². The highest BCUT2D eigenvalue weighted by molar-refractivity contribution is 5.87. The van der Waals surface area contributed by atoms with Crippen LogP contribution < -0.4 is 11.3 Å². The summed E-state index contributed by atoms with van der Waals surface area (Å²) in [6.07, 6.45) is 3.06. The molecule has 0 aliphatic rings. The van der Waals surface area contributed by atoms with Crippen LogP contribution in [0.15, 0.2) is 53.7 Å². The Morgan fingerprint density at radius 1 is 1.19 bits per heavy atom. The molecule has 3 heterocycles. The topological polar surface area (TPSA) is 115 Å². The highest BCUT2D eigenvalue weighted by Gasteiger charge is 2.18. The Balaban J connectivity index is 2.09. The van der Waals surface area contributed by atoms with Gasteiger partial charge in [-0.1, -0.05) is 12.1 Å². The SMILES string of the molecule is Cn1cc(-n2c(-c3cccc(C#N)c3)nc3c(N)ncnc32)ccc1=O. The first kappa shape index (κ1) is 15.5. The average Bonchev–Trinajstić information content (AvgIpc) is 3.05. The number of aryl methyl sites for hydroxylation is 1. The van der Waals surface area contributed by atoms with Crippen molar-refractivity contribution < 1.29 is 0 Å². The lowest BCUT2D eigenvalue weighted by molar-refractivity contribution is 0.846. The summed E-state index contributed by atoms with van der Waals surface area (Å²) in [7, 11) is 1.67. The fourth-order valence-corrected chi connectivity index (χ4v) is 2.79. The van der Waals surface area contributed by atoms with E-state index in [2.05, 4.69) is 21.0 Å². The van der Waals surface area contributed by atoms with E-state index in [9.17, 15) is 10.1 Å². The van der Waals surface area contributed by atoms with Gasteiger partial charge in [0, 0.05) is 24.9 Å². The molecule has 0 radical (unpaired) electrons. The second-order valence-electron chi connectivity index (χ2n) is 5.73. The summed E-state index contributed by atoms with van der Waals surface area (Å²) in [5, 5.41) is 9.19. The lowest BCUT2D eigenvalue weighted by atomic mass is 10.1. The molecule has 0 atom stereocenters. The van der Waals surface area contributed by atoms with E-state index in [1.165, 1.54) is 17.0 Å². The molecule has 8 nitrogen and oxygen atoms in total. The zero-order valence-electron chi connectivity index (χ0n) is 13.8. The van der Waals surface area contributed by atoms with Crippen LogP contribution in [0.1, 0.15) is 5.56 Å². The molecule has 0 saturated carbocycles. The predicted octanol–water partition coefficient (Wildman–Crippen LogP) is 1.64. The quantitative estimate of drug-likeness (QED) is 0.591. The number of nitriles is 1. The van der Waals surface area contributed by atoms with Crippen molar-refractivity contribution in [3.63, 3.8) is 0 Å². The predicted molar refractivity (Wildman–Crippen MR) is 96.5 cm³/mol. The molecule has 4 aromatic rings. The Kier molecular flexibility index (Phi) is 3.48. The number of hydrogen-bond donors (Lipinski definition) is 1. The molecule has 126 valence electrons. The second kappa shape index (κ2) is 5.82. The summed E-state index contributed by atoms with van der Waals surface area (Å²) in [6.45, 7) is 0.